The third-order valence-electron chi connectivity index (χ3n) is 6.12. The molecule has 0 radical (unpaired) electrons. The van der Waals surface area contributed by atoms with E-state index in [9.17, 15) is 14.4 Å². The van der Waals surface area contributed by atoms with Gasteiger partial charge in [-0.2, -0.15) is 0 Å². The number of ether oxygens (including phenoxy) is 2. The lowest BCUT2D eigenvalue weighted by molar-refractivity contribution is -0.119. The molecule has 1 atom stereocenters. The summed E-state index contributed by atoms with van der Waals surface area (Å²) in [5.41, 5.74) is 2.72. The van der Waals surface area contributed by atoms with Crippen molar-refractivity contribution in [3.05, 3.63) is 52.2 Å². The zero-order chi connectivity index (χ0) is 24.5. The van der Waals surface area contributed by atoms with E-state index >= 15 is 0 Å². The first-order valence-electron chi connectivity index (χ1n) is 11.1. The van der Waals surface area contributed by atoms with Crippen molar-refractivity contribution in [2.45, 2.75) is 40.0 Å². The number of thiophene rings is 1. The summed E-state index contributed by atoms with van der Waals surface area (Å²) in [7, 11) is 1.32. The minimum absolute atomic E-state index is 0.0153. The van der Waals surface area contributed by atoms with Gasteiger partial charge in [0.15, 0.2) is 12.3 Å². The summed E-state index contributed by atoms with van der Waals surface area (Å²) in [5, 5.41) is 3.17. The molecule has 1 aliphatic rings. The van der Waals surface area contributed by atoms with Gasteiger partial charge in [-0.25, -0.2) is 14.6 Å². The van der Waals surface area contributed by atoms with E-state index in [1.165, 1.54) is 24.6 Å². The molecule has 1 aromatic carbocycles. The van der Waals surface area contributed by atoms with Gasteiger partial charge in [0.2, 0.25) is 0 Å². The van der Waals surface area contributed by atoms with Gasteiger partial charge in [0, 0.05) is 4.88 Å². The fourth-order valence-corrected chi connectivity index (χ4v) is 5.49. The highest BCUT2D eigenvalue weighted by atomic mass is 32.1. The van der Waals surface area contributed by atoms with Crippen LogP contribution < -0.4 is 5.32 Å². The summed E-state index contributed by atoms with van der Waals surface area (Å²) < 4.78 is 10.1. The van der Waals surface area contributed by atoms with Crippen LogP contribution in [0.2, 0.25) is 0 Å². The number of anilines is 1. The van der Waals surface area contributed by atoms with E-state index in [2.05, 4.69) is 36.1 Å². The Hall–Kier alpha value is -3.33. The lowest BCUT2D eigenvalue weighted by atomic mass is 9.72. The van der Waals surface area contributed by atoms with Crippen molar-refractivity contribution in [3.8, 4) is 0 Å². The Bertz CT molecular complexity index is 1260. The smallest absolute Gasteiger partial charge is 0.359 e. The number of aromatic nitrogens is 2. The van der Waals surface area contributed by atoms with Gasteiger partial charge in [0.1, 0.15) is 5.00 Å². The number of hydrogen-bond donors (Lipinski definition) is 1. The second-order valence-electron chi connectivity index (χ2n) is 9.37. The van der Waals surface area contributed by atoms with Crippen LogP contribution in [0.5, 0.6) is 0 Å². The molecular formula is C25H27N3O5S. The van der Waals surface area contributed by atoms with Crippen LogP contribution in [0.25, 0.3) is 11.0 Å². The maximum atomic E-state index is 12.6. The highest BCUT2D eigenvalue weighted by molar-refractivity contribution is 7.17. The average molecular weight is 482 g/mol. The van der Waals surface area contributed by atoms with Gasteiger partial charge in [-0.05, 0) is 48.3 Å². The van der Waals surface area contributed by atoms with Crippen LogP contribution in [0.15, 0.2) is 30.5 Å². The van der Waals surface area contributed by atoms with Gasteiger partial charge in [0.05, 0.1) is 29.9 Å². The molecule has 8 nitrogen and oxygen atoms in total. The molecule has 34 heavy (non-hydrogen) atoms. The van der Waals surface area contributed by atoms with E-state index in [4.69, 9.17) is 9.47 Å². The van der Waals surface area contributed by atoms with E-state index in [1.807, 2.05) is 6.07 Å². The van der Waals surface area contributed by atoms with E-state index in [0.29, 0.717) is 27.5 Å². The molecule has 0 saturated carbocycles. The molecule has 2 heterocycles. The fraction of sp³-hybridized carbons (Fsp3) is 0.400. The minimum atomic E-state index is -0.750. The van der Waals surface area contributed by atoms with Gasteiger partial charge >= 0.3 is 11.9 Å². The first-order valence-corrected chi connectivity index (χ1v) is 11.9. The number of amides is 1. The Balaban J connectivity index is 1.46. The Kier molecular flexibility index (Phi) is 6.65. The zero-order valence-electron chi connectivity index (χ0n) is 19.6. The number of carbonyl (C=O) groups is 3. The molecule has 0 bridgehead atoms. The van der Waals surface area contributed by atoms with Crippen molar-refractivity contribution in [2.24, 2.45) is 11.3 Å². The SMILES string of the molecule is COC(=O)c1c(NC(=O)COC(=O)c2cnc3ccccc3n2)sc2c1CCC(C(C)(C)C)C2. The van der Waals surface area contributed by atoms with Gasteiger partial charge < -0.3 is 14.8 Å². The second kappa shape index (κ2) is 9.50. The molecule has 9 heteroatoms. The molecule has 3 aromatic rings. The van der Waals surface area contributed by atoms with Crippen LogP contribution in [-0.4, -0.2) is 41.5 Å². The number of para-hydroxylation sites is 2. The van der Waals surface area contributed by atoms with Crippen molar-refractivity contribution in [3.63, 3.8) is 0 Å². The molecule has 2 aromatic heterocycles. The molecule has 178 valence electrons. The Morgan fingerprint density at radius 2 is 1.88 bits per heavy atom. The monoisotopic (exact) mass is 481 g/mol. The van der Waals surface area contributed by atoms with Crippen molar-refractivity contribution < 1.29 is 23.9 Å². The lowest BCUT2D eigenvalue weighted by Gasteiger charge is -2.33. The van der Waals surface area contributed by atoms with E-state index < -0.39 is 24.5 Å². The maximum Gasteiger partial charge on any atom is 0.359 e. The predicted molar refractivity (Wildman–Crippen MR) is 129 cm³/mol. The molecule has 0 spiro atoms. The number of nitrogens with zero attached hydrogens (tertiary/aromatic N) is 2. The van der Waals surface area contributed by atoms with Gasteiger partial charge in [0.25, 0.3) is 5.91 Å². The Labute approximate surface area is 201 Å². The number of carbonyl (C=O) groups excluding carboxylic acids is 3. The summed E-state index contributed by atoms with van der Waals surface area (Å²) >= 11 is 1.39. The number of rotatable bonds is 5. The summed E-state index contributed by atoms with van der Waals surface area (Å²) in [4.78, 5) is 47.0. The first-order chi connectivity index (χ1) is 16.2. The van der Waals surface area contributed by atoms with Crippen LogP contribution in [0.4, 0.5) is 5.00 Å². The van der Waals surface area contributed by atoms with Crippen molar-refractivity contribution in [2.75, 3.05) is 19.0 Å². The van der Waals surface area contributed by atoms with Crippen LogP contribution in [-0.2, 0) is 27.1 Å². The highest BCUT2D eigenvalue weighted by Crippen LogP contribution is 2.44. The summed E-state index contributed by atoms with van der Waals surface area (Å²) in [6, 6.07) is 7.15. The molecule has 1 amide bonds. The van der Waals surface area contributed by atoms with Crippen molar-refractivity contribution in [1.29, 1.82) is 0 Å². The fourth-order valence-electron chi connectivity index (χ4n) is 4.15. The number of methoxy groups -OCH3 is 1. The van der Waals surface area contributed by atoms with Gasteiger partial charge in [-0.3, -0.25) is 9.78 Å². The number of fused-ring (bicyclic) bond motifs is 2. The van der Waals surface area contributed by atoms with Crippen LogP contribution in [0.1, 0.15) is 58.5 Å². The largest absolute Gasteiger partial charge is 0.465 e. The van der Waals surface area contributed by atoms with Crippen LogP contribution >= 0.6 is 11.3 Å². The molecule has 0 saturated heterocycles. The van der Waals surface area contributed by atoms with Gasteiger partial charge in [-0.15, -0.1) is 11.3 Å². The number of nitrogens with one attached hydrogen (secondary N) is 1. The first kappa shape index (κ1) is 23.8. The van der Waals surface area contributed by atoms with E-state index in [-0.39, 0.29) is 11.1 Å². The summed E-state index contributed by atoms with van der Waals surface area (Å²) in [6.07, 6.45) is 3.88. The summed E-state index contributed by atoms with van der Waals surface area (Å²) in [5.74, 6) is -1.29. The number of hydrogen-bond acceptors (Lipinski definition) is 8. The Morgan fingerprint density at radius 1 is 1.15 bits per heavy atom. The van der Waals surface area contributed by atoms with Crippen LogP contribution in [0, 0.1) is 11.3 Å². The quantitative estimate of drug-likeness (QED) is 0.537. The summed E-state index contributed by atoms with van der Waals surface area (Å²) in [6.45, 7) is 6.14. The molecule has 4 rings (SSSR count). The normalized spacial score (nSPS) is 15.5. The molecule has 0 aliphatic heterocycles. The molecule has 1 unspecified atom stereocenters. The number of esters is 2. The topological polar surface area (TPSA) is 107 Å². The maximum absolute atomic E-state index is 12.6. The molecular weight excluding hydrogens is 454 g/mol. The van der Waals surface area contributed by atoms with Crippen molar-refractivity contribution >= 4 is 45.2 Å². The van der Waals surface area contributed by atoms with Crippen molar-refractivity contribution in [1.82, 2.24) is 9.97 Å². The highest BCUT2D eigenvalue weighted by Gasteiger charge is 2.34. The lowest BCUT2D eigenvalue weighted by Crippen LogP contribution is -2.26. The third kappa shape index (κ3) is 4.94. The second-order valence-corrected chi connectivity index (χ2v) is 10.5. The minimum Gasteiger partial charge on any atom is -0.465 e. The molecule has 1 aliphatic carbocycles. The van der Waals surface area contributed by atoms with E-state index in [0.717, 1.165) is 29.7 Å². The average Bonchev–Trinajstić information content (AvgIpc) is 3.18. The Morgan fingerprint density at radius 3 is 2.59 bits per heavy atom. The standard InChI is InChI=1S/C25H27N3O5S/c1-25(2,3)14-9-10-15-19(11-14)34-22(21(15)24(31)32-4)28-20(29)13-33-23(30)18-12-26-16-7-5-6-8-17(16)27-18/h5-8,12,14H,9-11,13H2,1-4H3,(H,28,29). The molecule has 0 fully saturated rings. The number of benzene rings is 1. The zero-order valence-corrected chi connectivity index (χ0v) is 20.5. The third-order valence-corrected chi connectivity index (χ3v) is 7.29. The molecule has 1 N–H and O–H groups in total. The van der Waals surface area contributed by atoms with Gasteiger partial charge in [-0.1, -0.05) is 32.9 Å². The van der Waals surface area contributed by atoms with Crippen LogP contribution in [0.3, 0.4) is 0 Å². The predicted octanol–water partition coefficient (Wildman–Crippen LogP) is 4.42. The van der Waals surface area contributed by atoms with E-state index in [1.54, 1.807) is 18.2 Å².